The number of aryl methyl sites for hydroxylation is 1. The summed E-state index contributed by atoms with van der Waals surface area (Å²) in [5.74, 6) is 0.116. The first-order valence-corrected chi connectivity index (χ1v) is 8.42. The largest absolute Gasteiger partial charge is 0.386 e. The zero-order valence-electron chi connectivity index (χ0n) is 12.4. The van der Waals surface area contributed by atoms with Crippen LogP contribution >= 0.6 is 0 Å². The maximum atomic E-state index is 12.7. The van der Waals surface area contributed by atoms with Crippen LogP contribution in [-0.2, 0) is 10.0 Å². The molecule has 1 aromatic carbocycles. The molecule has 1 heterocycles. The molecule has 1 fully saturated rings. The summed E-state index contributed by atoms with van der Waals surface area (Å²) >= 11 is 0. The van der Waals surface area contributed by atoms with Gasteiger partial charge in [-0.3, -0.25) is 10.3 Å². The first kappa shape index (κ1) is 15.9. The average molecular weight is 310 g/mol. The van der Waals surface area contributed by atoms with Crippen LogP contribution in [0.5, 0.6) is 0 Å². The van der Waals surface area contributed by atoms with Gasteiger partial charge in [-0.15, -0.1) is 0 Å². The van der Waals surface area contributed by atoms with Crippen molar-refractivity contribution < 1.29 is 8.42 Å². The second-order valence-electron chi connectivity index (χ2n) is 5.34. The summed E-state index contributed by atoms with van der Waals surface area (Å²) in [7, 11) is -3.44. The fourth-order valence-corrected chi connectivity index (χ4v) is 4.16. The van der Waals surface area contributed by atoms with Crippen molar-refractivity contribution in [3.05, 3.63) is 29.8 Å². The van der Waals surface area contributed by atoms with Gasteiger partial charge in [0.25, 0.3) is 0 Å². The highest BCUT2D eigenvalue weighted by Gasteiger charge is 2.31. The molecule has 1 unspecified atom stereocenters. The van der Waals surface area contributed by atoms with Crippen LogP contribution in [0, 0.1) is 12.3 Å². The van der Waals surface area contributed by atoms with E-state index in [9.17, 15) is 8.42 Å². The standard InChI is InChI=1S/C14H22N4O2S/c1-11-5-3-4-6-13(11)21(19,20)18-9-7-17(8-10-18)12(2)14(15)16/h3-6,12H,7-10H2,1-2H3,(H3,15,16). The minimum absolute atomic E-state index is 0.116. The lowest BCUT2D eigenvalue weighted by Crippen LogP contribution is -2.54. The molecule has 1 aromatic rings. The van der Waals surface area contributed by atoms with Crippen LogP contribution in [0.25, 0.3) is 0 Å². The summed E-state index contributed by atoms with van der Waals surface area (Å²) in [4.78, 5) is 2.41. The maximum Gasteiger partial charge on any atom is 0.243 e. The van der Waals surface area contributed by atoms with Gasteiger partial charge in [0.15, 0.2) is 0 Å². The van der Waals surface area contributed by atoms with E-state index >= 15 is 0 Å². The topological polar surface area (TPSA) is 90.5 Å². The Morgan fingerprint density at radius 1 is 1.24 bits per heavy atom. The van der Waals surface area contributed by atoms with Gasteiger partial charge in [0.1, 0.15) is 5.84 Å². The third-order valence-corrected chi connectivity index (χ3v) is 6.04. The summed E-state index contributed by atoms with van der Waals surface area (Å²) in [6, 6.07) is 6.89. The summed E-state index contributed by atoms with van der Waals surface area (Å²) < 4.78 is 26.8. The predicted molar refractivity (Wildman–Crippen MR) is 82.9 cm³/mol. The Morgan fingerprint density at radius 3 is 2.33 bits per heavy atom. The molecule has 0 bridgehead atoms. The fourth-order valence-electron chi connectivity index (χ4n) is 2.51. The van der Waals surface area contributed by atoms with Crippen molar-refractivity contribution >= 4 is 15.9 Å². The Hall–Kier alpha value is -1.44. The quantitative estimate of drug-likeness (QED) is 0.630. The zero-order chi connectivity index (χ0) is 15.6. The minimum Gasteiger partial charge on any atom is -0.386 e. The Morgan fingerprint density at radius 2 is 1.81 bits per heavy atom. The second-order valence-corrected chi connectivity index (χ2v) is 7.24. The molecule has 1 aliphatic heterocycles. The third kappa shape index (κ3) is 3.25. The highest BCUT2D eigenvalue weighted by molar-refractivity contribution is 7.89. The van der Waals surface area contributed by atoms with Crippen LogP contribution in [0.3, 0.4) is 0 Å². The monoisotopic (exact) mass is 310 g/mol. The second kappa shape index (κ2) is 6.13. The average Bonchev–Trinajstić information content (AvgIpc) is 2.46. The number of piperazine rings is 1. The van der Waals surface area contributed by atoms with E-state index in [1.165, 1.54) is 4.31 Å². The maximum absolute atomic E-state index is 12.7. The van der Waals surface area contributed by atoms with E-state index in [2.05, 4.69) is 0 Å². The molecule has 0 spiro atoms. The molecule has 1 aliphatic rings. The molecule has 6 nitrogen and oxygen atoms in total. The van der Waals surface area contributed by atoms with Gasteiger partial charge >= 0.3 is 0 Å². The summed E-state index contributed by atoms with van der Waals surface area (Å²) in [6.07, 6.45) is 0. The van der Waals surface area contributed by atoms with Gasteiger partial charge in [-0.05, 0) is 25.5 Å². The van der Waals surface area contributed by atoms with Crippen molar-refractivity contribution in [1.82, 2.24) is 9.21 Å². The zero-order valence-corrected chi connectivity index (χ0v) is 13.2. The van der Waals surface area contributed by atoms with Crippen LogP contribution in [0.2, 0.25) is 0 Å². The lowest BCUT2D eigenvalue weighted by molar-refractivity contribution is 0.173. The van der Waals surface area contributed by atoms with E-state index in [0.717, 1.165) is 5.56 Å². The van der Waals surface area contributed by atoms with E-state index in [0.29, 0.717) is 31.1 Å². The van der Waals surface area contributed by atoms with E-state index in [4.69, 9.17) is 11.1 Å². The van der Waals surface area contributed by atoms with Gasteiger partial charge in [-0.2, -0.15) is 4.31 Å². The SMILES string of the molecule is Cc1ccccc1S(=O)(=O)N1CCN(C(C)C(=N)N)CC1. The molecular weight excluding hydrogens is 288 g/mol. The molecule has 116 valence electrons. The van der Waals surface area contributed by atoms with Crippen LogP contribution in [0.15, 0.2) is 29.2 Å². The number of amidine groups is 1. The van der Waals surface area contributed by atoms with Crippen molar-refractivity contribution in [2.45, 2.75) is 24.8 Å². The molecule has 1 atom stereocenters. The molecule has 0 radical (unpaired) electrons. The molecule has 21 heavy (non-hydrogen) atoms. The lowest BCUT2D eigenvalue weighted by atomic mass is 10.2. The molecule has 0 aromatic heterocycles. The summed E-state index contributed by atoms with van der Waals surface area (Å²) in [5.41, 5.74) is 6.27. The minimum atomic E-state index is -3.44. The van der Waals surface area contributed by atoms with Gasteiger partial charge in [-0.1, -0.05) is 18.2 Å². The Kier molecular flexibility index (Phi) is 4.65. The van der Waals surface area contributed by atoms with Gasteiger partial charge in [-0.25, -0.2) is 8.42 Å². The highest BCUT2D eigenvalue weighted by Crippen LogP contribution is 2.21. The van der Waals surface area contributed by atoms with E-state index < -0.39 is 10.0 Å². The third-order valence-electron chi connectivity index (χ3n) is 3.98. The number of rotatable bonds is 4. The molecule has 7 heteroatoms. The lowest BCUT2D eigenvalue weighted by Gasteiger charge is -2.37. The number of sulfonamides is 1. The molecular formula is C14H22N4O2S. The number of hydrogen-bond acceptors (Lipinski definition) is 4. The first-order valence-electron chi connectivity index (χ1n) is 6.98. The summed E-state index contributed by atoms with van der Waals surface area (Å²) in [6.45, 7) is 5.70. The van der Waals surface area contributed by atoms with E-state index in [-0.39, 0.29) is 11.9 Å². The van der Waals surface area contributed by atoms with Crippen LogP contribution in [0.1, 0.15) is 12.5 Å². The van der Waals surface area contributed by atoms with E-state index in [1.807, 2.05) is 17.9 Å². The van der Waals surface area contributed by atoms with Crippen LogP contribution in [-0.4, -0.2) is 55.7 Å². The molecule has 2 rings (SSSR count). The Bertz CT molecular complexity index is 622. The Balaban J connectivity index is 2.12. The first-order chi connectivity index (χ1) is 9.84. The number of nitrogens with one attached hydrogen (secondary N) is 1. The van der Waals surface area contributed by atoms with E-state index in [1.54, 1.807) is 25.1 Å². The van der Waals surface area contributed by atoms with Gasteiger partial charge in [0, 0.05) is 26.2 Å². The normalized spacial score (nSPS) is 19.3. The summed E-state index contributed by atoms with van der Waals surface area (Å²) in [5, 5.41) is 7.48. The van der Waals surface area contributed by atoms with Crippen molar-refractivity contribution in [2.75, 3.05) is 26.2 Å². The van der Waals surface area contributed by atoms with Crippen LogP contribution < -0.4 is 5.73 Å². The van der Waals surface area contributed by atoms with Crippen molar-refractivity contribution in [2.24, 2.45) is 5.73 Å². The smallest absolute Gasteiger partial charge is 0.243 e. The molecule has 1 saturated heterocycles. The number of nitrogens with two attached hydrogens (primary N) is 1. The van der Waals surface area contributed by atoms with Gasteiger partial charge in [0.05, 0.1) is 10.9 Å². The number of nitrogens with zero attached hydrogens (tertiary/aromatic N) is 2. The molecule has 3 N–H and O–H groups in total. The van der Waals surface area contributed by atoms with Crippen molar-refractivity contribution in [1.29, 1.82) is 5.41 Å². The van der Waals surface area contributed by atoms with Crippen molar-refractivity contribution in [3.8, 4) is 0 Å². The van der Waals surface area contributed by atoms with Gasteiger partial charge in [0.2, 0.25) is 10.0 Å². The molecule has 0 saturated carbocycles. The number of benzene rings is 1. The number of hydrogen-bond donors (Lipinski definition) is 2. The Labute approximate surface area is 126 Å². The highest BCUT2D eigenvalue weighted by atomic mass is 32.2. The van der Waals surface area contributed by atoms with Crippen molar-refractivity contribution in [3.63, 3.8) is 0 Å². The predicted octanol–water partition coefficient (Wildman–Crippen LogP) is 0.626. The van der Waals surface area contributed by atoms with Crippen LogP contribution in [0.4, 0.5) is 0 Å². The molecule has 0 amide bonds. The molecule has 0 aliphatic carbocycles. The fraction of sp³-hybridized carbons (Fsp3) is 0.500. The van der Waals surface area contributed by atoms with Gasteiger partial charge < -0.3 is 5.73 Å².